The van der Waals surface area contributed by atoms with Crippen molar-refractivity contribution < 1.29 is 0 Å². The lowest BCUT2D eigenvalue weighted by Gasteiger charge is -1.99. The van der Waals surface area contributed by atoms with Crippen LogP contribution in [0.25, 0.3) is 0 Å². The number of nitrogens with zero attached hydrogens (tertiary/aromatic N) is 1. The first-order chi connectivity index (χ1) is 6.93. The van der Waals surface area contributed by atoms with Gasteiger partial charge in [0.05, 0.1) is 11.7 Å². The molecule has 0 amide bonds. The van der Waals surface area contributed by atoms with E-state index in [0.29, 0.717) is 0 Å². The molecule has 0 aliphatic carbocycles. The van der Waals surface area contributed by atoms with Crippen LogP contribution in [0.3, 0.4) is 0 Å². The number of hydrogen-bond acceptors (Lipinski definition) is 3. The third kappa shape index (κ3) is 5.18. The molecule has 0 aromatic heterocycles. The van der Waals surface area contributed by atoms with Gasteiger partial charge in [0.1, 0.15) is 0 Å². The molecule has 74 valence electrons. The Bertz CT molecular complexity index is 291. The van der Waals surface area contributed by atoms with Gasteiger partial charge in [-0.05, 0) is 30.0 Å². The highest BCUT2D eigenvalue weighted by atomic mass is 32.2. The lowest BCUT2D eigenvalue weighted by atomic mass is 10.2. The van der Waals surface area contributed by atoms with Crippen LogP contribution in [-0.4, -0.2) is 17.5 Å². The maximum absolute atomic E-state index is 4.48. The average Bonchev–Trinajstić information content (AvgIpc) is 2.25. The molecule has 0 saturated carbocycles. The molecule has 0 heterocycles. The number of thioether (sulfide) groups is 1. The van der Waals surface area contributed by atoms with Crippen LogP contribution in [-0.2, 0) is 5.75 Å². The highest BCUT2D eigenvalue weighted by Crippen LogP contribution is 2.12. The predicted molar refractivity (Wildman–Crippen MR) is 67.1 cm³/mol. The summed E-state index contributed by atoms with van der Waals surface area (Å²) in [5, 5.41) is 2.38. The fourth-order valence-electron chi connectivity index (χ4n) is 1.06. The normalized spacial score (nSPS) is 9.43. The van der Waals surface area contributed by atoms with Crippen LogP contribution >= 0.6 is 24.0 Å². The van der Waals surface area contributed by atoms with Gasteiger partial charge in [-0.1, -0.05) is 30.3 Å². The monoisotopic (exact) mass is 223 g/mol. The lowest BCUT2D eigenvalue weighted by molar-refractivity contribution is 0.950. The number of hydrogen-bond donors (Lipinski definition) is 0. The lowest BCUT2D eigenvalue weighted by Crippen LogP contribution is -1.86. The first-order valence-corrected chi connectivity index (χ1v) is 6.15. The van der Waals surface area contributed by atoms with Crippen molar-refractivity contribution in [3.63, 3.8) is 0 Å². The second-order valence-corrected chi connectivity index (χ2v) is 4.15. The smallest absolute Gasteiger partial charge is 0.0584 e. The molecule has 0 aliphatic heterocycles. The highest BCUT2D eigenvalue weighted by molar-refractivity contribution is 7.98. The van der Waals surface area contributed by atoms with Crippen LogP contribution in [0.2, 0.25) is 0 Å². The van der Waals surface area contributed by atoms with Gasteiger partial charge in [0, 0.05) is 5.75 Å². The summed E-state index contributed by atoms with van der Waals surface area (Å²) in [6, 6.07) is 10.5. The first-order valence-electron chi connectivity index (χ1n) is 4.59. The molecule has 0 fully saturated rings. The van der Waals surface area contributed by atoms with E-state index in [-0.39, 0.29) is 0 Å². The zero-order valence-electron chi connectivity index (χ0n) is 7.98. The molecule has 1 aromatic carbocycles. The SMILES string of the molecule is S=C=NCCCSCc1ccccc1. The van der Waals surface area contributed by atoms with Crippen molar-refractivity contribution in [3.05, 3.63) is 35.9 Å². The fraction of sp³-hybridized carbons (Fsp3) is 0.364. The minimum absolute atomic E-state index is 0.811. The van der Waals surface area contributed by atoms with Crippen molar-refractivity contribution in [2.45, 2.75) is 12.2 Å². The van der Waals surface area contributed by atoms with Crippen LogP contribution in [0.5, 0.6) is 0 Å². The van der Waals surface area contributed by atoms with E-state index in [2.05, 4.69) is 46.6 Å². The number of benzene rings is 1. The van der Waals surface area contributed by atoms with Gasteiger partial charge in [-0.25, -0.2) is 4.99 Å². The number of aliphatic imine (C=N–C) groups is 1. The van der Waals surface area contributed by atoms with Gasteiger partial charge in [-0.15, -0.1) is 0 Å². The second-order valence-electron chi connectivity index (χ2n) is 2.86. The van der Waals surface area contributed by atoms with Gasteiger partial charge >= 0.3 is 0 Å². The van der Waals surface area contributed by atoms with E-state index in [4.69, 9.17) is 0 Å². The summed E-state index contributed by atoms with van der Waals surface area (Å²) in [5.74, 6) is 2.22. The van der Waals surface area contributed by atoms with E-state index in [1.807, 2.05) is 17.8 Å². The summed E-state index contributed by atoms with van der Waals surface area (Å²) in [6.07, 6.45) is 1.08. The zero-order valence-corrected chi connectivity index (χ0v) is 9.61. The largest absolute Gasteiger partial charge is 0.233 e. The minimum atomic E-state index is 0.811. The molecule has 3 heteroatoms. The Balaban J connectivity index is 2.07. The maximum Gasteiger partial charge on any atom is 0.0584 e. The summed E-state index contributed by atoms with van der Waals surface area (Å²) in [4.78, 5) is 3.87. The zero-order chi connectivity index (χ0) is 10.1. The van der Waals surface area contributed by atoms with Gasteiger partial charge in [0.25, 0.3) is 0 Å². The van der Waals surface area contributed by atoms with Crippen LogP contribution in [0.4, 0.5) is 0 Å². The summed E-state index contributed by atoms with van der Waals surface area (Å²) in [5.41, 5.74) is 1.39. The second kappa shape index (κ2) is 7.74. The molecule has 0 radical (unpaired) electrons. The van der Waals surface area contributed by atoms with E-state index in [1.165, 1.54) is 5.56 Å². The predicted octanol–water partition coefficient (Wildman–Crippen LogP) is 3.41. The number of rotatable bonds is 6. The third-order valence-electron chi connectivity index (χ3n) is 1.73. The molecule has 0 saturated heterocycles. The van der Waals surface area contributed by atoms with Gasteiger partial charge in [-0.2, -0.15) is 11.8 Å². The van der Waals surface area contributed by atoms with Crippen LogP contribution < -0.4 is 0 Å². The Morgan fingerprint density at radius 2 is 2.07 bits per heavy atom. The molecular formula is C11H13NS2. The van der Waals surface area contributed by atoms with E-state index in [1.54, 1.807) is 0 Å². The summed E-state index contributed by atoms with van der Waals surface area (Å²) >= 11 is 6.42. The van der Waals surface area contributed by atoms with Gasteiger partial charge in [0.2, 0.25) is 0 Å². The van der Waals surface area contributed by atoms with Gasteiger partial charge in [0.15, 0.2) is 0 Å². The van der Waals surface area contributed by atoms with E-state index >= 15 is 0 Å². The Hall–Kier alpha value is -0.630. The summed E-state index contributed by atoms with van der Waals surface area (Å²) in [7, 11) is 0. The Morgan fingerprint density at radius 3 is 2.79 bits per heavy atom. The first kappa shape index (κ1) is 11.4. The van der Waals surface area contributed by atoms with Crippen molar-refractivity contribution in [2.75, 3.05) is 12.3 Å². The quantitative estimate of drug-likeness (QED) is 0.416. The van der Waals surface area contributed by atoms with Crippen molar-refractivity contribution in [1.82, 2.24) is 0 Å². The van der Waals surface area contributed by atoms with Crippen LogP contribution in [0.15, 0.2) is 35.3 Å². The Kier molecular flexibility index (Phi) is 6.33. The topological polar surface area (TPSA) is 12.4 Å². The highest BCUT2D eigenvalue weighted by Gasteiger charge is 1.91. The van der Waals surface area contributed by atoms with E-state index in [9.17, 15) is 0 Å². The molecule has 1 aromatic rings. The molecule has 1 rings (SSSR count). The molecular weight excluding hydrogens is 210 g/mol. The Labute approximate surface area is 94.6 Å². The standard InChI is InChI=1S/C11H13NS2/c13-10-12-7-4-8-14-9-11-5-2-1-3-6-11/h1-3,5-6H,4,7-9H2. The van der Waals surface area contributed by atoms with Crippen molar-refractivity contribution in [2.24, 2.45) is 4.99 Å². The van der Waals surface area contributed by atoms with Gasteiger partial charge in [-0.3, -0.25) is 0 Å². The third-order valence-corrected chi connectivity index (χ3v) is 2.98. The van der Waals surface area contributed by atoms with Crippen molar-refractivity contribution >= 4 is 29.1 Å². The summed E-state index contributed by atoms with van der Waals surface area (Å²) < 4.78 is 0. The molecule has 0 spiro atoms. The molecule has 0 N–H and O–H groups in total. The van der Waals surface area contributed by atoms with E-state index < -0.39 is 0 Å². The molecule has 0 atom stereocenters. The molecule has 14 heavy (non-hydrogen) atoms. The fourth-order valence-corrected chi connectivity index (χ4v) is 2.05. The minimum Gasteiger partial charge on any atom is -0.233 e. The molecule has 1 nitrogen and oxygen atoms in total. The van der Waals surface area contributed by atoms with Crippen LogP contribution in [0, 0.1) is 0 Å². The molecule has 0 bridgehead atoms. The number of isothiocyanates is 1. The average molecular weight is 223 g/mol. The van der Waals surface area contributed by atoms with E-state index in [0.717, 1.165) is 24.5 Å². The summed E-state index contributed by atoms with van der Waals surface area (Å²) in [6.45, 7) is 0.811. The molecule has 0 aliphatic rings. The van der Waals surface area contributed by atoms with Crippen molar-refractivity contribution in [1.29, 1.82) is 0 Å². The van der Waals surface area contributed by atoms with Crippen molar-refractivity contribution in [3.8, 4) is 0 Å². The maximum atomic E-state index is 4.48. The van der Waals surface area contributed by atoms with Gasteiger partial charge < -0.3 is 0 Å². The molecule has 0 unspecified atom stereocenters. The van der Waals surface area contributed by atoms with Crippen LogP contribution in [0.1, 0.15) is 12.0 Å². The Morgan fingerprint density at radius 1 is 1.29 bits per heavy atom. The number of thiocarbonyl (C=S) groups is 1.